The molecule has 0 radical (unpaired) electrons. The molecule has 0 aromatic heterocycles. The first-order valence-corrected chi connectivity index (χ1v) is 8.29. The van der Waals surface area contributed by atoms with E-state index < -0.39 is 0 Å². The average Bonchev–Trinajstić information content (AvgIpc) is 2.29. The van der Waals surface area contributed by atoms with Gasteiger partial charge in [-0.1, -0.05) is 20.8 Å². The Hall–Kier alpha value is -1.18. The number of rotatable bonds is 4. The molecule has 21 heavy (non-hydrogen) atoms. The van der Waals surface area contributed by atoms with Gasteiger partial charge in [-0.3, -0.25) is 0 Å². The molecule has 1 fully saturated rings. The van der Waals surface area contributed by atoms with Gasteiger partial charge in [0.2, 0.25) is 0 Å². The zero-order chi connectivity index (χ0) is 15.6. The molecule has 2 heteroatoms. The lowest BCUT2D eigenvalue weighted by Crippen LogP contribution is -2.35. The van der Waals surface area contributed by atoms with Crippen molar-refractivity contribution in [2.75, 3.05) is 5.32 Å². The molecule has 0 spiro atoms. The molecular weight excluding hydrogens is 258 g/mol. The second kappa shape index (κ2) is 6.29. The summed E-state index contributed by atoms with van der Waals surface area (Å²) in [5, 5.41) is 3.76. The average molecular weight is 289 g/mol. The molecule has 1 N–H and O–H groups in total. The van der Waals surface area contributed by atoms with Crippen LogP contribution in [0.4, 0.5) is 5.69 Å². The van der Waals surface area contributed by atoms with Crippen LogP contribution < -0.4 is 10.1 Å². The molecule has 0 heterocycles. The minimum absolute atomic E-state index is 0.225. The van der Waals surface area contributed by atoms with Crippen molar-refractivity contribution in [3.8, 4) is 5.75 Å². The Balaban J connectivity index is 2.05. The number of anilines is 1. The Morgan fingerprint density at radius 3 is 2.52 bits per heavy atom. The standard InChI is InChI=1S/C19H31NO/c1-13(2)21-17-7-8-18(15(4)10-17)20-16-9-14(3)11-19(5,6)12-16/h7-8,10,13-14,16,20H,9,11-12H2,1-6H3. The highest BCUT2D eigenvalue weighted by molar-refractivity contribution is 5.54. The number of ether oxygens (including phenoxy) is 1. The van der Waals surface area contributed by atoms with Gasteiger partial charge in [-0.2, -0.15) is 0 Å². The van der Waals surface area contributed by atoms with Crippen LogP contribution in [-0.2, 0) is 0 Å². The molecule has 2 atom stereocenters. The van der Waals surface area contributed by atoms with Crippen LogP contribution in [0, 0.1) is 18.3 Å². The van der Waals surface area contributed by atoms with E-state index in [1.165, 1.54) is 30.5 Å². The van der Waals surface area contributed by atoms with Gasteiger partial charge in [0.15, 0.2) is 0 Å². The fourth-order valence-corrected chi connectivity index (χ4v) is 3.82. The van der Waals surface area contributed by atoms with E-state index in [9.17, 15) is 0 Å². The Morgan fingerprint density at radius 2 is 1.95 bits per heavy atom. The number of benzene rings is 1. The van der Waals surface area contributed by atoms with Gasteiger partial charge in [-0.05, 0) is 75.1 Å². The van der Waals surface area contributed by atoms with Crippen molar-refractivity contribution < 1.29 is 4.74 Å². The fourth-order valence-electron chi connectivity index (χ4n) is 3.82. The predicted octanol–water partition coefficient (Wildman–Crippen LogP) is 5.41. The summed E-state index contributed by atoms with van der Waals surface area (Å²) in [6.07, 6.45) is 4.09. The molecule has 1 aromatic rings. The van der Waals surface area contributed by atoms with Gasteiger partial charge < -0.3 is 10.1 Å². The van der Waals surface area contributed by atoms with Gasteiger partial charge in [0.25, 0.3) is 0 Å². The third kappa shape index (κ3) is 4.66. The maximum atomic E-state index is 5.76. The van der Waals surface area contributed by atoms with Crippen LogP contribution in [0.5, 0.6) is 5.75 Å². The van der Waals surface area contributed by atoms with Gasteiger partial charge in [0.05, 0.1) is 6.10 Å². The highest BCUT2D eigenvalue weighted by Crippen LogP contribution is 2.39. The lowest BCUT2D eigenvalue weighted by molar-refractivity contribution is 0.178. The molecular formula is C19H31NO. The summed E-state index contributed by atoms with van der Waals surface area (Å²) in [5.41, 5.74) is 2.97. The molecule has 0 bridgehead atoms. The number of aryl methyl sites for hydroxylation is 1. The lowest BCUT2D eigenvalue weighted by atomic mass is 9.70. The summed E-state index contributed by atoms with van der Waals surface area (Å²) in [4.78, 5) is 0. The third-order valence-electron chi connectivity index (χ3n) is 4.32. The molecule has 1 aliphatic carbocycles. The van der Waals surface area contributed by atoms with Crippen molar-refractivity contribution in [3.05, 3.63) is 23.8 Å². The van der Waals surface area contributed by atoms with Crippen molar-refractivity contribution in [1.82, 2.24) is 0 Å². The highest BCUT2D eigenvalue weighted by atomic mass is 16.5. The summed E-state index contributed by atoms with van der Waals surface area (Å²) >= 11 is 0. The minimum Gasteiger partial charge on any atom is -0.491 e. The van der Waals surface area contributed by atoms with Crippen molar-refractivity contribution in [3.63, 3.8) is 0 Å². The van der Waals surface area contributed by atoms with E-state index in [2.05, 4.69) is 65.1 Å². The zero-order valence-electron chi connectivity index (χ0n) is 14.5. The third-order valence-corrected chi connectivity index (χ3v) is 4.32. The van der Waals surface area contributed by atoms with Crippen LogP contribution in [0.2, 0.25) is 0 Å². The van der Waals surface area contributed by atoms with Crippen molar-refractivity contribution >= 4 is 5.69 Å². The van der Waals surface area contributed by atoms with E-state index in [1.54, 1.807) is 0 Å². The molecule has 118 valence electrons. The van der Waals surface area contributed by atoms with E-state index in [4.69, 9.17) is 4.74 Å². The van der Waals surface area contributed by atoms with Gasteiger partial charge in [-0.15, -0.1) is 0 Å². The van der Waals surface area contributed by atoms with E-state index in [0.717, 1.165) is 11.7 Å². The molecule has 1 aliphatic rings. The smallest absolute Gasteiger partial charge is 0.120 e. The van der Waals surface area contributed by atoms with Gasteiger partial charge in [-0.25, -0.2) is 0 Å². The van der Waals surface area contributed by atoms with Crippen LogP contribution in [0.3, 0.4) is 0 Å². The summed E-state index contributed by atoms with van der Waals surface area (Å²) in [7, 11) is 0. The first kappa shape index (κ1) is 16.2. The van der Waals surface area contributed by atoms with Crippen LogP contribution in [0.25, 0.3) is 0 Å². The van der Waals surface area contributed by atoms with Crippen molar-refractivity contribution in [2.24, 2.45) is 11.3 Å². The zero-order valence-corrected chi connectivity index (χ0v) is 14.5. The van der Waals surface area contributed by atoms with E-state index in [-0.39, 0.29) is 6.10 Å². The largest absolute Gasteiger partial charge is 0.491 e. The Bertz CT molecular complexity index is 478. The quantitative estimate of drug-likeness (QED) is 0.800. The van der Waals surface area contributed by atoms with Crippen LogP contribution in [0.15, 0.2) is 18.2 Å². The molecule has 1 aromatic carbocycles. The summed E-state index contributed by atoms with van der Waals surface area (Å²) in [6, 6.07) is 6.96. The van der Waals surface area contributed by atoms with Crippen LogP contribution in [-0.4, -0.2) is 12.1 Å². The normalized spacial score (nSPS) is 24.9. The van der Waals surface area contributed by atoms with Gasteiger partial charge >= 0.3 is 0 Å². The Kier molecular flexibility index (Phi) is 4.85. The first-order chi connectivity index (χ1) is 9.75. The Morgan fingerprint density at radius 1 is 1.24 bits per heavy atom. The monoisotopic (exact) mass is 289 g/mol. The molecule has 0 amide bonds. The van der Waals surface area contributed by atoms with Crippen molar-refractivity contribution in [1.29, 1.82) is 0 Å². The molecule has 2 nitrogen and oxygen atoms in total. The van der Waals surface area contributed by atoms with E-state index in [0.29, 0.717) is 11.5 Å². The molecule has 2 unspecified atom stereocenters. The minimum atomic E-state index is 0.225. The van der Waals surface area contributed by atoms with E-state index in [1.807, 2.05) is 0 Å². The first-order valence-electron chi connectivity index (χ1n) is 8.29. The summed E-state index contributed by atoms with van der Waals surface area (Å²) in [5.74, 6) is 1.76. The van der Waals surface area contributed by atoms with Crippen LogP contribution in [0.1, 0.15) is 59.4 Å². The topological polar surface area (TPSA) is 21.3 Å². The maximum absolute atomic E-state index is 5.76. The predicted molar refractivity (Wildman–Crippen MR) is 91.1 cm³/mol. The highest BCUT2D eigenvalue weighted by Gasteiger charge is 2.32. The SMILES string of the molecule is Cc1cc(OC(C)C)ccc1NC1CC(C)CC(C)(C)C1. The lowest BCUT2D eigenvalue weighted by Gasteiger charge is -2.39. The summed E-state index contributed by atoms with van der Waals surface area (Å²) in [6.45, 7) is 13.4. The maximum Gasteiger partial charge on any atom is 0.120 e. The second-order valence-corrected chi connectivity index (χ2v) is 7.90. The molecule has 0 aliphatic heterocycles. The van der Waals surface area contributed by atoms with Gasteiger partial charge in [0.1, 0.15) is 5.75 Å². The van der Waals surface area contributed by atoms with Gasteiger partial charge in [0, 0.05) is 11.7 Å². The molecule has 1 saturated carbocycles. The summed E-state index contributed by atoms with van der Waals surface area (Å²) < 4.78 is 5.76. The van der Waals surface area contributed by atoms with Crippen LogP contribution >= 0.6 is 0 Å². The molecule has 0 saturated heterocycles. The molecule has 2 rings (SSSR count). The number of hydrogen-bond acceptors (Lipinski definition) is 2. The fraction of sp³-hybridized carbons (Fsp3) is 0.684. The second-order valence-electron chi connectivity index (χ2n) is 7.90. The Labute approximate surface area is 130 Å². The number of nitrogens with one attached hydrogen (secondary N) is 1. The van der Waals surface area contributed by atoms with E-state index >= 15 is 0 Å². The van der Waals surface area contributed by atoms with Crippen molar-refractivity contribution in [2.45, 2.75) is 73.0 Å². The number of hydrogen-bond donors (Lipinski definition) is 1.